The van der Waals surface area contributed by atoms with E-state index < -0.39 is 0 Å². The van der Waals surface area contributed by atoms with E-state index in [9.17, 15) is 0 Å². The fourth-order valence-corrected chi connectivity index (χ4v) is 1.08. The minimum Gasteiger partial charge on any atom is -0.456 e. The Labute approximate surface area is 79.5 Å². The second kappa shape index (κ2) is 3.04. The minimum atomic E-state index is 0.130. The molecule has 0 unspecified atom stereocenters. The molecule has 0 spiro atoms. The van der Waals surface area contributed by atoms with E-state index in [2.05, 4.69) is 10.2 Å². The van der Waals surface area contributed by atoms with Gasteiger partial charge >= 0.3 is 0 Å². The average molecular weight is 194 g/mol. The molecule has 0 aromatic carbocycles. The Morgan fingerprint density at radius 3 is 2.64 bits per heavy atom. The van der Waals surface area contributed by atoms with Crippen molar-refractivity contribution >= 4 is 5.95 Å². The van der Waals surface area contributed by atoms with Crippen molar-refractivity contribution in [2.45, 2.75) is 6.54 Å². The van der Waals surface area contributed by atoms with Gasteiger partial charge < -0.3 is 21.7 Å². The lowest BCUT2D eigenvalue weighted by atomic mass is 10.4. The van der Waals surface area contributed by atoms with E-state index in [0.717, 1.165) is 4.68 Å². The van der Waals surface area contributed by atoms with Gasteiger partial charge in [0.25, 0.3) is 0 Å². The standard InChI is InChI=1S/C7H10N6O/c8-3-4-1-2-5(14-4)6-11-12-7(9)13(6)10/h1-2H,3,8,10H2,(H2,9,12). The smallest absolute Gasteiger partial charge is 0.241 e. The average Bonchev–Trinajstić information content (AvgIpc) is 2.75. The largest absolute Gasteiger partial charge is 0.456 e. The highest BCUT2D eigenvalue weighted by Gasteiger charge is 2.12. The first-order valence-corrected chi connectivity index (χ1v) is 3.97. The summed E-state index contributed by atoms with van der Waals surface area (Å²) in [5, 5.41) is 7.36. The fourth-order valence-electron chi connectivity index (χ4n) is 1.08. The van der Waals surface area contributed by atoms with Crippen LogP contribution in [0.3, 0.4) is 0 Å². The van der Waals surface area contributed by atoms with Crippen LogP contribution in [-0.4, -0.2) is 14.9 Å². The molecule has 74 valence electrons. The highest BCUT2D eigenvalue weighted by atomic mass is 16.3. The Hall–Kier alpha value is -2.02. The minimum absolute atomic E-state index is 0.130. The first kappa shape index (κ1) is 8.57. The molecule has 0 saturated heterocycles. The number of nitrogen functional groups attached to an aromatic ring is 2. The molecule has 7 nitrogen and oxygen atoms in total. The topological polar surface area (TPSA) is 122 Å². The van der Waals surface area contributed by atoms with Crippen molar-refractivity contribution in [3.8, 4) is 11.6 Å². The highest BCUT2D eigenvalue weighted by molar-refractivity contribution is 5.49. The zero-order chi connectivity index (χ0) is 10.1. The Morgan fingerprint density at radius 1 is 1.36 bits per heavy atom. The van der Waals surface area contributed by atoms with Crippen LogP contribution >= 0.6 is 0 Å². The molecule has 0 aliphatic heterocycles. The molecule has 14 heavy (non-hydrogen) atoms. The maximum Gasteiger partial charge on any atom is 0.241 e. The van der Waals surface area contributed by atoms with Gasteiger partial charge in [-0.15, -0.1) is 10.2 Å². The number of nitrogens with zero attached hydrogens (tertiary/aromatic N) is 3. The Kier molecular flexibility index (Phi) is 1.86. The van der Waals surface area contributed by atoms with E-state index in [4.69, 9.17) is 21.7 Å². The van der Waals surface area contributed by atoms with Gasteiger partial charge in [0.2, 0.25) is 11.8 Å². The highest BCUT2D eigenvalue weighted by Crippen LogP contribution is 2.19. The van der Waals surface area contributed by atoms with Gasteiger partial charge in [-0.3, -0.25) is 0 Å². The first-order chi connectivity index (χ1) is 6.72. The van der Waals surface area contributed by atoms with E-state index in [-0.39, 0.29) is 5.95 Å². The lowest BCUT2D eigenvalue weighted by molar-refractivity contribution is 0.520. The molecule has 7 heteroatoms. The second-order valence-electron chi connectivity index (χ2n) is 2.72. The van der Waals surface area contributed by atoms with Crippen molar-refractivity contribution in [1.29, 1.82) is 0 Å². The maximum absolute atomic E-state index is 5.56. The fraction of sp³-hybridized carbons (Fsp3) is 0.143. The number of rotatable bonds is 2. The monoisotopic (exact) mass is 194 g/mol. The molecule has 0 aliphatic carbocycles. The molecular weight excluding hydrogens is 184 g/mol. The summed E-state index contributed by atoms with van der Waals surface area (Å²) in [5.41, 5.74) is 10.8. The van der Waals surface area contributed by atoms with Crippen molar-refractivity contribution in [1.82, 2.24) is 14.9 Å². The van der Waals surface area contributed by atoms with Gasteiger partial charge in [-0.2, -0.15) is 0 Å². The Balaban J connectivity index is 2.44. The zero-order valence-corrected chi connectivity index (χ0v) is 7.34. The van der Waals surface area contributed by atoms with Gasteiger partial charge in [0.1, 0.15) is 5.76 Å². The van der Waals surface area contributed by atoms with E-state index in [0.29, 0.717) is 23.9 Å². The van der Waals surface area contributed by atoms with Gasteiger partial charge in [-0.1, -0.05) is 0 Å². The number of nitrogens with two attached hydrogens (primary N) is 3. The Bertz CT molecular complexity index is 445. The van der Waals surface area contributed by atoms with Crippen molar-refractivity contribution in [3.05, 3.63) is 17.9 Å². The molecule has 2 rings (SSSR count). The number of aromatic nitrogens is 3. The van der Waals surface area contributed by atoms with Crippen LogP contribution in [-0.2, 0) is 6.54 Å². The molecule has 0 radical (unpaired) electrons. The zero-order valence-electron chi connectivity index (χ0n) is 7.34. The SMILES string of the molecule is NCc1ccc(-c2nnc(N)n2N)o1. The summed E-state index contributed by atoms with van der Waals surface area (Å²) in [4.78, 5) is 0. The molecular formula is C7H10N6O. The van der Waals surface area contributed by atoms with E-state index in [1.54, 1.807) is 12.1 Å². The van der Waals surface area contributed by atoms with E-state index in [1.165, 1.54) is 0 Å². The molecule has 0 amide bonds. The molecule has 0 saturated carbocycles. The molecule has 0 fully saturated rings. The van der Waals surface area contributed by atoms with Gasteiger partial charge in [-0.25, -0.2) is 4.68 Å². The maximum atomic E-state index is 5.56. The lowest BCUT2D eigenvalue weighted by Crippen LogP contribution is -2.13. The molecule has 0 aliphatic rings. The van der Waals surface area contributed by atoms with Crippen LogP contribution in [0.4, 0.5) is 5.95 Å². The number of hydrogen-bond acceptors (Lipinski definition) is 6. The van der Waals surface area contributed by atoms with Crippen molar-refractivity contribution in [2.75, 3.05) is 11.6 Å². The van der Waals surface area contributed by atoms with Crippen LogP contribution in [0.5, 0.6) is 0 Å². The van der Waals surface area contributed by atoms with E-state index >= 15 is 0 Å². The van der Waals surface area contributed by atoms with E-state index in [1.807, 2.05) is 0 Å². The normalized spacial score (nSPS) is 10.6. The summed E-state index contributed by atoms with van der Waals surface area (Å²) in [6, 6.07) is 3.47. The van der Waals surface area contributed by atoms with Crippen LogP contribution in [0.15, 0.2) is 16.5 Å². The summed E-state index contributed by atoms with van der Waals surface area (Å²) in [7, 11) is 0. The third kappa shape index (κ3) is 1.19. The molecule has 0 atom stereocenters. The van der Waals surface area contributed by atoms with Crippen LogP contribution in [0, 0.1) is 0 Å². The van der Waals surface area contributed by atoms with Gasteiger partial charge in [0, 0.05) is 0 Å². The first-order valence-electron chi connectivity index (χ1n) is 3.97. The molecule has 2 heterocycles. The predicted molar refractivity (Wildman–Crippen MR) is 50.2 cm³/mol. The Morgan fingerprint density at radius 2 is 2.14 bits per heavy atom. The summed E-state index contributed by atoms with van der Waals surface area (Å²) < 4.78 is 6.48. The summed E-state index contributed by atoms with van der Waals surface area (Å²) in [6.07, 6.45) is 0. The second-order valence-corrected chi connectivity index (χ2v) is 2.72. The van der Waals surface area contributed by atoms with Gasteiger partial charge in [0.05, 0.1) is 6.54 Å². The predicted octanol–water partition coefficient (Wildman–Crippen LogP) is -0.707. The number of furan rings is 1. The van der Waals surface area contributed by atoms with Crippen molar-refractivity contribution in [2.24, 2.45) is 5.73 Å². The lowest BCUT2D eigenvalue weighted by Gasteiger charge is -1.96. The summed E-state index contributed by atoms with van der Waals surface area (Å²) in [5.74, 6) is 7.22. The van der Waals surface area contributed by atoms with Gasteiger partial charge in [0.15, 0.2) is 5.76 Å². The third-order valence-corrected chi connectivity index (χ3v) is 1.81. The molecule has 0 bridgehead atoms. The van der Waals surface area contributed by atoms with Crippen LogP contribution < -0.4 is 17.3 Å². The third-order valence-electron chi connectivity index (χ3n) is 1.81. The molecule has 6 N–H and O–H groups in total. The van der Waals surface area contributed by atoms with Gasteiger partial charge in [-0.05, 0) is 12.1 Å². The summed E-state index contributed by atoms with van der Waals surface area (Å²) >= 11 is 0. The quantitative estimate of drug-likeness (QED) is 0.543. The van der Waals surface area contributed by atoms with Crippen molar-refractivity contribution in [3.63, 3.8) is 0 Å². The number of anilines is 1. The number of hydrogen-bond donors (Lipinski definition) is 3. The van der Waals surface area contributed by atoms with Crippen LogP contribution in [0.2, 0.25) is 0 Å². The van der Waals surface area contributed by atoms with Crippen LogP contribution in [0.1, 0.15) is 5.76 Å². The van der Waals surface area contributed by atoms with Crippen LogP contribution in [0.25, 0.3) is 11.6 Å². The molecule has 2 aromatic heterocycles. The molecule has 2 aromatic rings. The van der Waals surface area contributed by atoms with Crippen molar-refractivity contribution < 1.29 is 4.42 Å². The summed E-state index contributed by atoms with van der Waals surface area (Å²) in [6.45, 7) is 0.328.